The van der Waals surface area contributed by atoms with E-state index in [1.54, 1.807) is 42.5 Å². The van der Waals surface area contributed by atoms with E-state index in [1.165, 1.54) is 11.8 Å². The lowest BCUT2D eigenvalue weighted by Gasteiger charge is -2.29. The van der Waals surface area contributed by atoms with Gasteiger partial charge in [0.25, 0.3) is 0 Å². The first-order valence-corrected chi connectivity index (χ1v) is 19.7. The lowest BCUT2D eigenvalue weighted by atomic mass is 9.83. The van der Waals surface area contributed by atoms with Crippen molar-refractivity contribution in [2.45, 2.75) is 97.1 Å². The minimum absolute atomic E-state index is 0.0449. The van der Waals surface area contributed by atoms with Crippen LogP contribution in [0.1, 0.15) is 98.6 Å². The fraction of sp³-hybridized carbons (Fsp3) is 0.512. The van der Waals surface area contributed by atoms with Gasteiger partial charge in [-0.25, -0.2) is 4.79 Å². The molecule has 8 N–H and O–H groups in total. The average molecular weight is 846 g/mol. The highest BCUT2D eigenvalue weighted by Crippen LogP contribution is 2.32. The van der Waals surface area contributed by atoms with Crippen molar-refractivity contribution >= 4 is 52.8 Å². The number of hydrogen-bond donors (Lipinski definition) is 7. The second kappa shape index (κ2) is 22.0. The third kappa shape index (κ3) is 13.6. The van der Waals surface area contributed by atoms with Crippen molar-refractivity contribution in [1.29, 1.82) is 0 Å². The molecule has 0 radical (unpaired) electrons. The zero-order valence-electron chi connectivity index (χ0n) is 34.2. The molecule has 2 aliphatic rings. The number of benzene rings is 2. The SMILES string of the molecule is CC(C)C[C@H](NC(=O)[C@H](C)N)C(=O)NCC(=O)N[C@@H](CC(C)C)C(=O)N1CCC[C@@H]1C(=O)NCCCNc1cccc2c1C(=O)c1ccccc1C2=O.O=C(O)C(F)(F)F. The minimum atomic E-state index is -5.08. The van der Waals surface area contributed by atoms with Crippen molar-refractivity contribution in [1.82, 2.24) is 26.2 Å². The lowest BCUT2D eigenvalue weighted by Crippen LogP contribution is -2.56. The van der Waals surface area contributed by atoms with E-state index >= 15 is 0 Å². The van der Waals surface area contributed by atoms with Crippen LogP contribution in [0.4, 0.5) is 18.9 Å². The molecule has 0 aromatic heterocycles. The molecule has 0 bridgehead atoms. The number of halogens is 3. The summed E-state index contributed by atoms with van der Waals surface area (Å²) in [6.07, 6.45) is -2.78. The molecule has 2 aromatic rings. The Bertz CT molecular complexity index is 1920. The lowest BCUT2D eigenvalue weighted by molar-refractivity contribution is -0.192. The number of ketones is 2. The molecule has 1 aliphatic carbocycles. The molecule has 1 fully saturated rings. The summed E-state index contributed by atoms with van der Waals surface area (Å²) in [5.74, 6) is -5.27. The fourth-order valence-corrected chi connectivity index (χ4v) is 6.67. The molecule has 60 heavy (non-hydrogen) atoms. The molecule has 19 heteroatoms. The summed E-state index contributed by atoms with van der Waals surface area (Å²) < 4.78 is 31.7. The van der Waals surface area contributed by atoms with E-state index < -0.39 is 60.6 Å². The van der Waals surface area contributed by atoms with Gasteiger partial charge >= 0.3 is 12.1 Å². The third-order valence-corrected chi connectivity index (χ3v) is 9.52. The smallest absolute Gasteiger partial charge is 0.475 e. The predicted molar refractivity (Wildman–Crippen MR) is 214 cm³/mol. The molecule has 2 aromatic carbocycles. The molecule has 5 amide bonds. The number of carboxylic acids is 1. The first kappa shape index (κ1) is 48.5. The van der Waals surface area contributed by atoms with E-state index in [-0.39, 0.29) is 35.2 Å². The van der Waals surface area contributed by atoms with Gasteiger partial charge in [-0.05, 0) is 56.9 Å². The number of anilines is 1. The van der Waals surface area contributed by atoms with E-state index in [9.17, 15) is 46.7 Å². The number of fused-ring (bicyclic) bond motifs is 2. The maximum atomic E-state index is 13.8. The summed E-state index contributed by atoms with van der Waals surface area (Å²) in [5.41, 5.74) is 7.66. The topological polar surface area (TPSA) is 246 Å². The summed E-state index contributed by atoms with van der Waals surface area (Å²) >= 11 is 0. The van der Waals surface area contributed by atoms with Gasteiger partial charge in [-0.1, -0.05) is 64.1 Å². The van der Waals surface area contributed by atoms with Gasteiger partial charge < -0.3 is 42.3 Å². The van der Waals surface area contributed by atoms with Crippen molar-refractivity contribution in [2.24, 2.45) is 17.6 Å². The second-order valence-corrected chi connectivity index (χ2v) is 15.4. The number of carbonyl (C=O) groups excluding carboxylic acids is 7. The van der Waals surface area contributed by atoms with Crippen molar-refractivity contribution in [3.63, 3.8) is 0 Å². The van der Waals surface area contributed by atoms with Crippen LogP contribution in [0.15, 0.2) is 42.5 Å². The summed E-state index contributed by atoms with van der Waals surface area (Å²) in [4.78, 5) is 102. The van der Waals surface area contributed by atoms with Crippen LogP contribution in [-0.4, -0.2) is 114 Å². The quantitative estimate of drug-likeness (QED) is 0.0974. The molecule has 328 valence electrons. The number of carboxylic acid groups (broad SMARTS) is 1. The fourth-order valence-electron chi connectivity index (χ4n) is 6.67. The van der Waals surface area contributed by atoms with Gasteiger partial charge in [0.2, 0.25) is 29.5 Å². The molecular formula is C41H54F3N7O9. The summed E-state index contributed by atoms with van der Waals surface area (Å²) in [6.45, 7) is 9.86. The Hall–Kier alpha value is -5.85. The highest BCUT2D eigenvalue weighted by atomic mass is 19.4. The van der Waals surface area contributed by atoms with Crippen molar-refractivity contribution in [2.75, 3.05) is 31.5 Å². The first-order chi connectivity index (χ1) is 28.1. The summed E-state index contributed by atoms with van der Waals surface area (Å²) in [7, 11) is 0. The Morgan fingerprint density at radius 3 is 1.97 bits per heavy atom. The molecular weight excluding hydrogens is 791 g/mol. The van der Waals surface area contributed by atoms with E-state index in [4.69, 9.17) is 15.6 Å². The molecule has 4 rings (SSSR count). The molecule has 0 spiro atoms. The van der Waals surface area contributed by atoms with Gasteiger partial charge in [-0.3, -0.25) is 33.6 Å². The van der Waals surface area contributed by atoms with Crippen molar-refractivity contribution < 1.29 is 56.6 Å². The number of carbonyl (C=O) groups is 8. The highest BCUT2D eigenvalue weighted by molar-refractivity contribution is 6.30. The van der Waals surface area contributed by atoms with Crippen LogP contribution in [0.2, 0.25) is 0 Å². The van der Waals surface area contributed by atoms with Crippen LogP contribution < -0.4 is 32.3 Å². The van der Waals surface area contributed by atoms with Crippen molar-refractivity contribution in [3.05, 3.63) is 64.7 Å². The van der Waals surface area contributed by atoms with Gasteiger partial charge in [0.15, 0.2) is 11.6 Å². The average Bonchev–Trinajstić information content (AvgIpc) is 3.68. The van der Waals surface area contributed by atoms with Gasteiger partial charge in [0.05, 0.1) is 18.2 Å². The molecule has 16 nitrogen and oxygen atoms in total. The minimum Gasteiger partial charge on any atom is -0.475 e. The van der Waals surface area contributed by atoms with Gasteiger partial charge in [0, 0.05) is 42.0 Å². The number of alkyl halides is 3. The van der Waals surface area contributed by atoms with Crippen molar-refractivity contribution in [3.8, 4) is 0 Å². The highest BCUT2D eigenvalue weighted by Gasteiger charge is 2.39. The van der Waals surface area contributed by atoms with Crippen LogP contribution in [0.5, 0.6) is 0 Å². The standard InChI is InChI=1S/C39H53N7O7.C2HF3O2/c1-22(2)19-29(45-36(50)24(5)40)37(51)43-21-32(47)44-30(20-23(3)4)39(53)46-18-9-15-31(46)38(52)42-17-10-16-41-28-14-8-13-27-33(28)35(49)26-12-7-6-11-25(26)34(27)48;3-2(4,5)1(6)7/h6-8,11-14,22-24,29-31,41H,9-10,15-21,40H2,1-5H3,(H,42,52)(H,43,51)(H,44,47)(H,45,50);(H,6,7)/t24-,29-,30-,31+;/m0./s1. The Balaban J connectivity index is 0.00000126. The monoisotopic (exact) mass is 845 g/mol. The van der Waals surface area contributed by atoms with Crippen LogP contribution in [0.25, 0.3) is 0 Å². The zero-order chi connectivity index (χ0) is 44.9. The molecule has 1 aliphatic heterocycles. The van der Waals surface area contributed by atoms with Crippen LogP contribution >= 0.6 is 0 Å². The Morgan fingerprint density at radius 2 is 1.38 bits per heavy atom. The number of amides is 5. The summed E-state index contributed by atoms with van der Waals surface area (Å²) in [6, 6.07) is 8.64. The zero-order valence-corrected chi connectivity index (χ0v) is 34.2. The van der Waals surface area contributed by atoms with Gasteiger partial charge in [-0.2, -0.15) is 13.2 Å². The number of likely N-dealkylation sites (tertiary alicyclic amines) is 1. The third-order valence-electron chi connectivity index (χ3n) is 9.52. The molecule has 0 saturated carbocycles. The number of nitrogens with zero attached hydrogens (tertiary/aromatic N) is 1. The first-order valence-electron chi connectivity index (χ1n) is 19.7. The Morgan fingerprint density at radius 1 is 0.800 bits per heavy atom. The van der Waals surface area contributed by atoms with Crippen LogP contribution in [0, 0.1) is 11.8 Å². The van der Waals surface area contributed by atoms with E-state index in [1.807, 2.05) is 27.7 Å². The van der Waals surface area contributed by atoms with E-state index in [2.05, 4.69) is 26.6 Å². The maximum Gasteiger partial charge on any atom is 0.490 e. The van der Waals surface area contributed by atoms with Gasteiger partial charge in [0.1, 0.15) is 18.1 Å². The number of rotatable bonds is 17. The van der Waals surface area contributed by atoms with Gasteiger partial charge in [-0.15, -0.1) is 0 Å². The molecule has 0 unspecified atom stereocenters. The Kier molecular flexibility index (Phi) is 17.7. The predicted octanol–water partition coefficient (Wildman–Crippen LogP) is 2.53. The summed E-state index contributed by atoms with van der Waals surface area (Å²) in [5, 5.41) is 21.2. The number of nitrogens with two attached hydrogens (primary N) is 1. The van der Waals surface area contributed by atoms with E-state index in [0.29, 0.717) is 79.7 Å². The largest absolute Gasteiger partial charge is 0.490 e. The second-order valence-electron chi connectivity index (χ2n) is 15.4. The number of aliphatic carboxylic acids is 1. The normalized spacial score (nSPS) is 16.1. The van der Waals surface area contributed by atoms with Crippen LogP contribution in [0.3, 0.4) is 0 Å². The molecule has 1 saturated heterocycles. The maximum absolute atomic E-state index is 13.8. The van der Waals surface area contributed by atoms with E-state index in [0.717, 1.165) is 0 Å². The number of hydrogen-bond acceptors (Lipinski definition) is 10. The Labute approximate surface area is 345 Å². The number of nitrogens with one attached hydrogen (secondary N) is 5. The molecule has 4 atom stereocenters. The van der Waals surface area contributed by atoms with Crippen LogP contribution in [-0.2, 0) is 28.8 Å². The molecule has 1 heterocycles.